The molecule has 0 radical (unpaired) electrons. The number of aromatic hydroxyl groups is 1. The number of amides is 3. The molecule has 0 aliphatic carbocycles. The van der Waals surface area contributed by atoms with E-state index in [-0.39, 0.29) is 68.1 Å². The molecule has 0 saturated carbocycles. The Bertz CT molecular complexity index is 1820. The summed E-state index contributed by atoms with van der Waals surface area (Å²) in [6, 6.07) is 19.3. The standard InChI is InChI=1S/C40H49FN8O4/c1-4-18-47-27-39(52)48-35(20-29-14-15-33(50)21-34(29)41)40(53)46(26-37(48)49(47)38(51)16-13-28-9-6-5-7-10-28)22-30-11-8-12-36(42-30)45-24-32(25-45)44-19-17-31(23-44)43(2)3/h4-12,14-15,21,31-32,35,37,50H,1,13,16-20,22-27H2,2-3H3/t31-,35+,37?/m1/s1. The summed E-state index contributed by atoms with van der Waals surface area (Å²) in [6.07, 6.45) is 2.57. The van der Waals surface area contributed by atoms with Crippen LogP contribution in [-0.4, -0.2) is 142 Å². The van der Waals surface area contributed by atoms with Gasteiger partial charge in [0.1, 0.15) is 29.6 Å². The zero-order valence-corrected chi connectivity index (χ0v) is 30.6. The van der Waals surface area contributed by atoms with Gasteiger partial charge in [0.15, 0.2) is 0 Å². The number of fused-ring (bicyclic) bond motifs is 1. The quantitative estimate of drug-likeness (QED) is 0.283. The van der Waals surface area contributed by atoms with E-state index in [1.807, 2.05) is 48.5 Å². The zero-order valence-electron chi connectivity index (χ0n) is 30.6. The highest BCUT2D eigenvalue weighted by Gasteiger charge is 2.51. The molecule has 4 fully saturated rings. The molecule has 3 aromatic rings. The number of phenolic OH excluding ortho intramolecular Hbond substituents is 1. The van der Waals surface area contributed by atoms with Crippen molar-refractivity contribution in [1.29, 1.82) is 0 Å². The van der Waals surface area contributed by atoms with Crippen molar-refractivity contribution in [1.82, 2.24) is 34.6 Å². The lowest BCUT2D eigenvalue weighted by Crippen LogP contribution is -2.76. The first-order chi connectivity index (χ1) is 25.6. The lowest BCUT2D eigenvalue weighted by molar-refractivity contribution is -0.205. The van der Waals surface area contributed by atoms with Crippen LogP contribution < -0.4 is 4.90 Å². The van der Waals surface area contributed by atoms with Gasteiger partial charge in [0.05, 0.1) is 25.3 Å². The van der Waals surface area contributed by atoms with E-state index in [2.05, 4.69) is 35.4 Å². The summed E-state index contributed by atoms with van der Waals surface area (Å²) in [5, 5.41) is 13.2. The van der Waals surface area contributed by atoms with Crippen LogP contribution in [-0.2, 0) is 33.8 Å². The molecule has 1 aromatic heterocycles. The summed E-state index contributed by atoms with van der Waals surface area (Å²) in [5.74, 6) is -0.931. The maximum atomic E-state index is 15.2. The summed E-state index contributed by atoms with van der Waals surface area (Å²) in [7, 11) is 4.28. The largest absolute Gasteiger partial charge is 0.508 e. The summed E-state index contributed by atoms with van der Waals surface area (Å²) in [5.41, 5.74) is 1.88. The maximum absolute atomic E-state index is 15.2. The van der Waals surface area contributed by atoms with Crippen molar-refractivity contribution in [2.24, 2.45) is 0 Å². The van der Waals surface area contributed by atoms with Crippen molar-refractivity contribution >= 4 is 23.5 Å². The lowest BCUT2D eigenvalue weighted by Gasteiger charge is -2.55. The van der Waals surface area contributed by atoms with Crippen LogP contribution in [0, 0.1) is 5.82 Å². The Labute approximate surface area is 310 Å². The number of hydrazine groups is 1. The number of rotatable bonds is 12. The van der Waals surface area contributed by atoms with Crippen molar-refractivity contribution in [2.75, 3.05) is 64.8 Å². The van der Waals surface area contributed by atoms with Gasteiger partial charge in [-0.2, -0.15) is 0 Å². The van der Waals surface area contributed by atoms with Crippen LogP contribution in [0.5, 0.6) is 5.75 Å². The van der Waals surface area contributed by atoms with Crippen LogP contribution in [0.25, 0.3) is 0 Å². The van der Waals surface area contributed by atoms with Crippen LogP contribution in [0.2, 0.25) is 0 Å². The summed E-state index contributed by atoms with van der Waals surface area (Å²) < 4.78 is 15.2. The van der Waals surface area contributed by atoms with Gasteiger partial charge in [0.2, 0.25) is 17.7 Å². The van der Waals surface area contributed by atoms with Crippen LogP contribution in [0.3, 0.4) is 0 Å². The first-order valence-electron chi connectivity index (χ1n) is 18.5. The Morgan fingerprint density at radius 3 is 2.55 bits per heavy atom. The van der Waals surface area contributed by atoms with Gasteiger partial charge >= 0.3 is 0 Å². The number of nitrogens with zero attached hydrogens (tertiary/aromatic N) is 8. The average Bonchev–Trinajstić information content (AvgIpc) is 3.60. The topological polar surface area (TPSA) is 107 Å². The minimum Gasteiger partial charge on any atom is -0.508 e. The van der Waals surface area contributed by atoms with E-state index in [0.717, 1.165) is 43.6 Å². The Hall–Kier alpha value is -4.85. The van der Waals surface area contributed by atoms with Gasteiger partial charge in [-0.3, -0.25) is 19.3 Å². The van der Waals surface area contributed by atoms with E-state index >= 15 is 4.39 Å². The minimum atomic E-state index is -1.08. The summed E-state index contributed by atoms with van der Waals surface area (Å²) in [6.45, 7) is 8.14. The molecule has 1 N–H and O–H groups in total. The first kappa shape index (κ1) is 36.5. The first-order valence-corrected chi connectivity index (χ1v) is 18.5. The number of pyridine rings is 1. The molecule has 3 atom stereocenters. The number of benzene rings is 2. The van der Waals surface area contributed by atoms with Crippen LogP contribution in [0.15, 0.2) is 79.4 Å². The van der Waals surface area contributed by atoms with E-state index in [1.165, 1.54) is 23.5 Å². The third kappa shape index (κ3) is 7.78. The number of carbonyl (C=O) groups excluding carboxylic acids is 3. The highest BCUT2D eigenvalue weighted by atomic mass is 19.1. The van der Waals surface area contributed by atoms with E-state index < -0.39 is 18.0 Å². The van der Waals surface area contributed by atoms with Crippen LogP contribution in [0.1, 0.15) is 29.7 Å². The van der Waals surface area contributed by atoms with Gasteiger partial charge in [-0.05, 0) is 56.3 Å². The monoisotopic (exact) mass is 724 g/mol. The number of halogens is 1. The second kappa shape index (κ2) is 15.6. The molecule has 0 spiro atoms. The Balaban J connectivity index is 1.14. The SMILES string of the molecule is C=CCN1CC(=O)N2C(CN(Cc3cccc(N4CC(N5CC[C@@H](N(C)C)C5)C4)n3)C(=O)[C@@H]2Cc2ccc(O)cc2F)N1C(=O)CCc1ccccc1. The number of hydrogen-bond acceptors (Lipinski definition) is 9. The molecular weight excluding hydrogens is 675 g/mol. The number of aryl methyl sites for hydroxylation is 1. The van der Waals surface area contributed by atoms with Crippen LogP contribution >= 0.6 is 0 Å². The molecule has 4 aliphatic rings. The Morgan fingerprint density at radius 1 is 1.04 bits per heavy atom. The second-order valence-electron chi connectivity index (χ2n) is 14.8. The molecule has 0 bridgehead atoms. The average molecular weight is 725 g/mol. The van der Waals surface area contributed by atoms with E-state index in [0.29, 0.717) is 24.2 Å². The number of likely N-dealkylation sites (N-methyl/N-ethyl adjacent to an activating group) is 1. The number of carbonyl (C=O) groups is 3. The molecule has 4 aliphatic heterocycles. The minimum absolute atomic E-state index is 0.0591. The fourth-order valence-electron chi connectivity index (χ4n) is 8.15. The Morgan fingerprint density at radius 2 is 1.83 bits per heavy atom. The molecular formula is C40H49FN8O4. The predicted octanol–water partition coefficient (Wildman–Crippen LogP) is 2.74. The number of hydrogen-bond donors (Lipinski definition) is 1. The number of anilines is 1. The molecule has 4 saturated heterocycles. The number of piperazine rings is 1. The molecule has 13 heteroatoms. The molecule has 1 unspecified atom stereocenters. The van der Waals surface area contributed by atoms with Gasteiger partial charge in [-0.15, -0.1) is 6.58 Å². The van der Waals surface area contributed by atoms with E-state index in [1.54, 1.807) is 21.0 Å². The smallest absolute Gasteiger partial charge is 0.246 e. The molecule has 280 valence electrons. The fraction of sp³-hybridized carbons (Fsp3) is 0.450. The maximum Gasteiger partial charge on any atom is 0.246 e. The number of likely N-dealkylation sites (tertiary alicyclic amines) is 1. The van der Waals surface area contributed by atoms with Crippen molar-refractivity contribution in [3.05, 3.63) is 102 Å². The van der Waals surface area contributed by atoms with Crippen molar-refractivity contribution in [2.45, 2.75) is 56.5 Å². The van der Waals surface area contributed by atoms with Gasteiger partial charge in [-0.25, -0.2) is 19.4 Å². The Kier molecular flexibility index (Phi) is 10.8. The highest BCUT2D eigenvalue weighted by molar-refractivity contribution is 5.92. The van der Waals surface area contributed by atoms with Crippen molar-refractivity contribution in [3.8, 4) is 5.75 Å². The third-order valence-electron chi connectivity index (χ3n) is 11.1. The summed E-state index contributed by atoms with van der Waals surface area (Å²) in [4.78, 5) is 57.7. The van der Waals surface area contributed by atoms with E-state index in [9.17, 15) is 19.5 Å². The molecule has 2 aromatic carbocycles. The molecule has 12 nitrogen and oxygen atoms in total. The molecule has 3 amide bonds. The van der Waals surface area contributed by atoms with Gasteiger partial charge < -0.3 is 24.7 Å². The highest BCUT2D eigenvalue weighted by Crippen LogP contribution is 2.32. The predicted molar refractivity (Wildman–Crippen MR) is 199 cm³/mol. The van der Waals surface area contributed by atoms with Crippen molar-refractivity contribution in [3.63, 3.8) is 0 Å². The third-order valence-corrected chi connectivity index (χ3v) is 11.1. The molecule has 53 heavy (non-hydrogen) atoms. The molecule has 7 rings (SSSR count). The van der Waals surface area contributed by atoms with E-state index in [4.69, 9.17) is 4.98 Å². The number of aromatic nitrogens is 1. The molecule has 5 heterocycles. The second-order valence-corrected chi connectivity index (χ2v) is 14.8. The van der Waals surface area contributed by atoms with Gasteiger partial charge in [-0.1, -0.05) is 48.5 Å². The summed E-state index contributed by atoms with van der Waals surface area (Å²) >= 11 is 0. The van der Waals surface area contributed by atoms with Gasteiger partial charge in [0, 0.05) is 63.7 Å². The van der Waals surface area contributed by atoms with Gasteiger partial charge in [0.25, 0.3) is 0 Å². The normalized spacial score (nSPS) is 22.8. The van der Waals surface area contributed by atoms with Crippen LogP contribution in [0.4, 0.5) is 10.2 Å². The fourth-order valence-corrected chi connectivity index (χ4v) is 8.15. The zero-order chi connectivity index (χ0) is 37.2. The van der Waals surface area contributed by atoms with Crippen molar-refractivity contribution < 1.29 is 23.9 Å². The number of phenols is 1. The lowest BCUT2D eigenvalue weighted by atomic mass is 9.97.